The fourth-order valence-electron chi connectivity index (χ4n) is 4.20. The molecule has 0 aliphatic carbocycles. The number of fused-ring (bicyclic) bond motifs is 1. The quantitative estimate of drug-likeness (QED) is 0.352. The van der Waals surface area contributed by atoms with Gasteiger partial charge in [-0.25, -0.2) is 0 Å². The molecule has 3 heterocycles. The molecule has 2 aromatic carbocycles. The van der Waals surface area contributed by atoms with E-state index in [0.717, 1.165) is 0 Å². The van der Waals surface area contributed by atoms with Crippen molar-refractivity contribution in [2.24, 2.45) is 0 Å². The first-order chi connectivity index (χ1) is 16.6. The highest BCUT2D eigenvalue weighted by Gasteiger charge is 2.47. The van der Waals surface area contributed by atoms with E-state index >= 15 is 0 Å². The Morgan fingerprint density at radius 2 is 1.82 bits per heavy atom. The molecule has 5 rings (SSSR count). The van der Waals surface area contributed by atoms with Gasteiger partial charge in [-0.3, -0.25) is 19.5 Å². The lowest BCUT2D eigenvalue weighted by Gasteiger charge is -2.25. The van der Waals surface area contributed by atoms with E-state index < -0.39 is 17.7 Å². The largest absolute Gasteiger partial charge is 0.507 e. The summed E-state index contributed by atoms with van der Waals surface area (Å²) in [5.74, 6) is -0.218. The topological polar surface area (TPSA) is 98.2 Å². The van der Waals surface area contributed by atoms with Crippen molar-refractivity contribution in [2.75, 3.05) is 24.7 Å². The minimum absolute atomic E-state index is 0.0188. The minimum Gasteiger partial charge on any atom is -0.507 e. The van der Waals surface area contributed by atoms with E-state index in [4.69, 9.17) is 14.2 Å². The van der Waals surface area contributed by atoms with Crippen molar-refractivity contribution < 1.29 is 28.9 Å². The van der Waals surface area contributed by atoms with E-state index in [-0.39, 0.29) is 11.3 Å². The Kier molecular flexibility index (Phi) is 5.63. The number of carbonyl (C=O) groups is 2. The van der Waals surface area contributed by atoms with Crippen LogP contribution in [-0.4, -0.2) is 41.6 Å². The number of amides is 1. The monoisotopic (exact) mass is 458 g/mol. The summed E-state index contributed by atoms with van der Waals surface area (Å²) in [6, 6.07) is 14.5. The van der Waals surface area contributed by atoms with Gasteiger partial charge in [-0.1, -0.05) is 6.07 Å². The van der Waals surface area contributed by atoms with E-state index in [1.54, 1.807) is 67.0 Å². The van der Waals surface area contributed by atoms with Gasteiger partial charge in [0.05, 0.1) is 18.2 Å². The van der Waals surface area contributed by atoms with Crippen LogP contribution in [-0.2, 0) is 9.59 Å². The number of aliphatic hydroxyl groups is 1. The number of benzene rings is 2. The number of carbonyl (C=O) groups excluding carboxylic acids is 2. The summed E-state index contributed by atoms with van der Waals surface area (Å²) >= 11 is 0. The average molecular weight is 458 g/mol. The smallest absolute Gasteiger partial charge is 0.300 e. The number of aromatic nitrogens is 1. The van der Waals surface area contributed by atoms with Gasteiger partial charge in [-0.2, -0.15) is 0 Å². The lowest BCUT2D eigenvalue weighted by molar-refractivity contribution is -0.132. The Bertz CT molecular complexity index is 1290. The van der Waals surface area contributed by atoms with Crippen LogP contribution < -0.4 is 19.1 Å². The Hall–Kier alpha value is -4.33. The summed E-state index contributed by atoms with van der Waals surface area (Å²) in [5, 5.41) is 11.3. The Labute approximate surface area is 196 Å². The molecule has 3 aromatic rings. The predicted molar refractivity (Wildman–Crippen MR) is 124 cm³/mol. The molecule has 1 amide bonds. The third kappa shape index (κ3) is 3.73. The van der Waals surface area contributed by atoms with Crippen LogP contribution in [0.25, 0.3) is 5.76 Å². The Morgan fingerprint density at radius 3 is 2.59 bits per heavy atom. The molecule has 1 unspecified atom stereocenters. The maximum atomic E-state index is 13.3. The zero-order valence-corrected chi connectivity index (χ0v) is 18.4. The summed E-state index contributed by atoms with van der Waals surface area (Å²) in [6.45, 7) is 3.14. The second-order valence-electron chi connectivity index (χ2n) is 7.74. The number of ether oxygens (including phenoxy) is 3. The van der Waals surface area contributed by atoms with Crippen molar-refractivity contribution in [3.63, 3.8) is 0 Å². The summed E-state index contributed by atoms with van der Waals surface area (Å²) < 4.78 is 16.8. The molecule has 8 nitrogen and oxygen atoms in total. The molecule has 1 saturated heterocycles. The third-order valence-corrected chi connectivity index (χ3v) is 5.69. The van der Waals surface area contributed by atoms with E-state index in [0.29, 0.717) is 53.9 Å². The van der Waals surface area contributed by atoms with Crippen LogP contribution in [0, 0.1) is 0 Å². The third-order valence-electron chi connectivity index (χ3n) is 5.69. The first-order valence-electron chi connectivity index (χ1n) is 10.9. The maximum Gasteiger partial charge on any atom is 0.300 e. The first kappa shape index (κ1) is 21.5. The number of hydrogen-bond acceptors (Lipinski definition) is 7. The highest BCUT2D eigenvalue weighted by atomic mass is 16.6. The van der Waals surface area contributed by atoms with E-state index in [2.05, 4.69) is 4.98 Å². The number of nitrogens with zero attached hydrogens (tertiary/aromatic N) is 2. The Morgan fingerprint density at radius 1 is 1.06 bits per heavy atom. The van der Waals surface area contributed by atoms with Crippen molar-refractivity contribution >= 4 is 23.1 Å². The standard InChI is InChI=1S/C26H22N2O6/c1-2-32-19-5-3-4-18(15-19)28-23(16-8-10-27-11-9-16)22(25(30)26(28)31)24(29)17-6-7-20-21(14-17)34-13-12-33-20/h3-11,14-15,23,29H,2,12-13H2,1H3/b24-22-. The van der Waals surface area contributed by atoms with Gasteiger partial charge in [0, 0.05) is 29.7 Å². The highest BCUT2D eigenvalue weighted by Crippen LogP contribution is 2.43. The highest BCUT2D eigenvalue weighted by molar-refractivity contribution is 6.51. The van der Waals surface area contributed by atoms with Gasteiger partial charge in [-0.05, 0) is 55.0 Å². The molecule has 0 radical (unpaired) electrons. The van der Waals surface area contributed by atoms with Gasteiger partial charge in [-0.15, -0.1) is 0 Å². The van der Waals surface area contributed by atoms with Crippen LogP contribution in [0.4, 0.5) is 5.69 Å². The lowest BCUT2D eigenvalue weighted by Crippen LogP contribution is -2.29. The molecule has 0 bridgehead atoms. The fourth-order valence-corrected chi connectivity index (χ4v) is 4.20. The minimum atomic E-state index is -0.854. The van der Waals surface area contributed by atoms with Crippen LogP contribution >= 0.6 is 0 Å². The zero-order valence-electron chi connectivity index (χ0n) is 18.4. The van der Waals surface area contributed by atoms with Crippen LogP contribution in [0.3, 0.4) is 0 Å². The molecule has 1 fully saturated rings. The average Bonchev–Trinajstić information content (AvgIpc) is 3.14. The lowest BCUT2D eigenvalue weighted by atomic mass is 9.95. The first-order valence-corrected chi connectivity index (χ1v) is 10.9. The normalized spacial score (nSPS) is 18.7. The molecular formula is C26H22N2O6. The fraction of sp³-hybridized carbons (Fsp3) is 0.192. The van der Waals surface area contributed by atoms with Crippen LogP contribution in [0.15, 0.2) is 72.6 Å². The molecule has 0 saturated carbocycles. The maximum absolute atomic E-state index is 13.3. The number of anilines is 1. The molecule has 0 spiro atoms. The predicted octanol–water partition coefficient (Wildman–Crippen LogP) is 3.88. The van der Waals surface area contributed by atoms with E-state index in [9.17, 15) is 14.7 Å². The number of hydrogen-bond donors (Lipinski definition) is 1. The Balaban J connectivity index is 1.66. The molecule has 1 aromatic heterocycles. The van der Waals surface area contributed by atoms with Crippen molar-refractivity contribution in [3.05, 3.63) is 83.7 Å². The molecule has 8 heteroatoms. The van der Waals surface area contributed by atoms with E-state index in [1.165, 1.54) is 4.90 Å². The molecule has 34 heavy (non-hydrogen) atoms. The molecule has 1 atom stereocenters. The summed E-state index contributed by atoms with van der Waals surface area (Å²) in [7, 11) is 0. The van der Waals surface area contributed by atoms with Crippen LogP contribution in [0.5, 0.6) is 17.2 Å². The van der Waals surface area contributed by atoms with Crippen LogP contribution in [0.1, 0.15) is 24.1 Å². The molecule has 172 valence electrons. The number of Topliss-reactive ketones (excluding diaryl/α,β-unsaturated/α-hetero) is 1. The zero-order chi connectivity index (χ0) is 23.7. The van der Waals surface area contributed by atoms with Crippen molar-refractivity contribution in [1.29, 1.82) is 0 Å². The number of aliphatic hydroxyl groups excluding tert-OH is 1. The van der Waals surface area contributed by atoms with Gasteiger partial charge in [0.15, 0.2) is 11.5 Å². The van der Waals surface area contributed by atoms with Crippen LogP contribution in [0.2, 0.25) is 0 Å². The van der Waals surface area contributed by atoms with Crippen molar-refractivity contribution in [1.82, 2.24) is 4.98 Å². The number of rotatable bonds is 5. The van der Waals surface area contributed by atoms with Gasteiger partial charge >= 0.3 is 0 Å². The summed E-state index contributed by atoms with van der Waals surface area (Å²) in [6.07, 6.45) is 3.16. The van der Waals surface area contributed by atoms with Gasteiger partial charge in [0.1, 0.15) is 24.7 Å². The number of pyridine rings is 1. The second-order valence-corrected chi connectivity index (χ2v) is 7.74. The molecule has 2 aliphatic heterocycles. The summed E-state index contributed by atoms with van der Waals surface area (Å²) in [5.41, 5.74) is 1.45. The molecule has 1 N–H and O–H groups in total. The van der Waals surface area contributed by atoms with Gasteiger partial charge in [0.25, 0.3) is 11.7 Å². The van der Waals surface area contributed by atoms with Gasteiger partial charge in [0.2, 0.25) is 0 Å². The molecular weight excluding hydrogens is 436 g/mol. The number of ketones is 1. The van der Waals surface area contributed by atoms with Gasteiger partial charge < -0.3 is 19.3 Å². The molecule has 2 aliphatic rings. The van der Waals surface area contributed by atoms with Crippen molar-refractivity contribution in [3.8, 4) is 17.2 Å². The SMILES string of the molecule is CCOc1cccc(N2C(=O)C(=O)/C(=C(\O)c3ccc4c(c3)OCCO4)C2c2ccncc2)c1. The van der Waals surface area contributed by atoms with Crippen molar-refractivity contribution in [2.45, 2.75) is 13.0 Å². The summed E-state index contributed by atoms with van der Waals surface area (Å²) in [4.78, 5) is 32.0. The second kappa shape index (κ2) is 8.90. The van der Waals surface area contributed by atoms with E-state index in [1.807, 2.05) is 6.92 Å².